The van der Waals surface area contributed by atoms with Gasteiger partial charge in [-0.25, -0.2) is 0 Å². The van der Waals surface area contributed by atoms with E-state index in [1.807, 2.05) is 23.1 Å². The van der Waals surface area contributed by atoms with Crippen molar-refractivity contribution in [2.45, 2.75) is 19.3 Å². The number of hydrogen-bond donors (Lipinski definition) is 1. The van der Waals surface area contributed by atoms with Crippen LogP contribution in [0.25, 0.3) is 0 Å². The summed E-state index contributed by atoms with van der Waals surface area (Å²) in [6.07, 6.45) is 3.26. The summed E-state index contributed by atoms with van der Waals surface area (Å²) in [5.41, 5.74) is 7.73. The number of aryl methyl sites for hydroxylation is 1. The molecular formula is C12H17ClN2O. The Morgan fingerprint density at radius 1 is 1.31 bits per heavy atom. The third kappa shape index (κ3) is 2.54. The number of carbonyl (C=O) groups is 1. The summed E-state index contributed by atoms with van der Waals surface area (Å²) in [6, 6.07) is 8.10. The van der Waals surface area contributed by atoms with Crippen LogP contribution in [-0.2, 0) is 11.2 Å². The number of nitrogens with zero attached hydrogens (tertiary/aromatic N) is 1. The van der Waals surface area contributed by atoms with Gasteiger partial charge >= 0.3 is 0 Å². The number of para-hydroxylation sites is 1. The van der Waals surface area contributed by atoms with Crippen molar-refractivity contribution in [2.75, 3.05) is 18.0 Å². The minimum Gasteiger partial charge on any atom is -0.322 e. The molecule has 0 aliphatic carbocycles. The molecule has 3 nitrogen and oxygen atoms in total. The molecule has 0 fully saturated rings. The number of hydrogen-bond acceptors (Lipinski definition) is 2. The van der Waals surface area contributed by atoms with E-state index in [2.05, 4.69) is 6.07 Å². The Kier molecular flexibility index (Phi) is 4.77. The zero-order chi connectivity index (χ0) is 10.7. The highest BCUT2D eigenvalue weighted by Gasteiger charge is 2.19. The summed E-state index contributed by atoms with van der Waals surface area (Å²) in [5.74, 6) is 0.0179. The number of carbonyl (C=O) groups excluding carboxylic acids is 1. The number of fused-ring (bicyclic) bond motifs is 1. The van der Waals surface area contributed by atoms with Crippen LogP contribution in [0.5, 0.6) is 0 Å². The SMILES string of the molecule is Cl.NCC(=O)N1CCCCc2ccccc21. The Labute approximate surface area is 102 Å². The molecule has 1 heterocycles. The number of anilines is 1. The molecular weight excluding hydrogens is 224 g/mol. The van der Waals surface area contributed by atoms with E-state index in [-0.39, 0.29) is 24.9 Å². The molecule has 1 aliphatic rings. The van der Waals surface area contributed by atoms with Crippen molar-refractivity contribution in [1.82, 2.24) is 0 Å². The normalized spacial score (nSPS) is 14.7. The van der Waals surface area contributed by atoms with E-state index in [0.717, 1.165) is 31.5 Å². The van der Waals surface area contributed by atoms with Crippen LogP contribution in [0.1, 0.15) is 18.4 Å². The quantitative estimate of drug-likeness (QED) is 0.813. The molecule has 16 heavy (non-hydrogen) atoms. The lowest BCUT2D eigenvalue weighted by atomic mass is 10.1. The van der Waals surface area contributed by atoms with Gasteiger partial charge in [-0.15, -0.1) is 12.4 Å². The maximum Gasteiger partial charge on any atom is 0.240 e. The van der Waals surface area contributed by atoms with Gasteiger partial charge in [0.1, 0.15) is 0 Å². The van der Waals surface area contributed by atoms with Gasteiger partial charge in [0.15, 0.2) is 0 Å². The Hall–Kier alpha value is -1.06. The summed E-state index contributed by atoms with van der Waals surface area (Å²) in [7, 11) is 0. The van der Waals surface area contributed by atoms with Gasteiger partial charge in [0.05, 0.1) is 6.54 Å². The molecule has 1 aromatic carbocycles. The first-order valence-corrected chi connectivity index (χ1v) is 5.41. The van der Waals surface area contributed by atoms with Crippen LogP contribution >= 0.6 is 12.4 Å². The van der Waals surface area contributed by atoms with E-state index in [4.69, 9.17) is 5.73 Å². The zero-order valence-corrected chi connectivity index (χ0v) is 10.0. The van der Waals surface area contributed by atoms with Crippen LogP contribution < -0.4 is 10.6 Å². The summed E-state index contributed by atoms with van der Waals surface area (Å²) >= 11 is 0. The monoisotopic (exact) mass is 240 g/mol. The van der Waals surface area contributed by atoms with Gasteiger partial charge in [-0.05, 0) is 30.9 Å². The molecule has 0 aromatic heterocycles. The minimum atomic E-state index is 0. The molecule has 0 saturated heterocycles. The summed E-state index contributed by atoms with van der Waals surface area (Å²) < 4.78 is 0. The number of rotatable bonds is 1. The van der Waals surface area contributed by atoms with Crippen molar-refractivity contribution in [1.29, 1.82) is 0 Å². The van der Waals surface area contributed by atoms with Gasteiger partial charge in [-0.2, -0.15) is 0 Å². The van der Waals surface area contributed by atoms with E-state index in [1.165, 1.54) is 5.56 Å². The highest BCUT2D eigenvalue weighted by Crippen LogP contribution is 2.25. The molecule has 1 aromatic rings. The maximum atomic E-state index is 11.7. The Morgan fingerprint density at radius 2 is 2.06 bits per heavy atom. The summed E-state index contributed by atoms with van der Waals surface area (Å²) in [5, 5.41) is 0. The standard InChI is InChI=1S/C12H16N2O.ClH/c13-9-12(15)14-8-4-3-6-10-5-1-2-7-11(10)14;/h1-2,5,7H,3-4,6,8-9,13H2;1H. The molecule has 0 radical (unpaired) electrons. The first-order valence-electron chi connectivity index (χ1n) is 5.41. The number of benzene rings is 1. The molecule has 0 spiro atoms. The van der Waals surface area contributed by atoms with Gasteiger partial charge in [0, 0.05) is 12.2 Å². The predicted octanol–water partition coefficient (Wildman–Crippen LogP) is 1.74. The van der Waals surface area contributed by atoms with Crippen molar-refractivity contribution in [3.05, 3.63) is 29.8 Å². The fourth-order valence-electron chi connectivity index (χ4n) is 2.06. The topological polar surface area (TPSA) is 46.3 Å². The van der Waals surface area contributed by atoms with Crippen LogP contribution in [0.2, 0.25) is 0 Å². The van der Waals surface area contributed by atoms with Gasteiger partial charge < -0.3 is 10.6 Å². The molecule has 2 rings (SSSR count). The molecule has 0 unspecified atom stereocenters. The van der Waals surface area contributed by atoms with Crippen molar-refractivity contribution in [2.24, 2.45) is 5.73 Å². The molecule has 1 amide bonds. The lowest BCUT2D eigenvalue weighted by Crippen LogP contribution is -2.36. The number of amides is 1. The van der Waals surface area contributed by atoms with E-state index in [0.29, 0.717) is 0 Å². The maximum absolute atomic E-state index is 11.7. The first kappa shape index (κ1) is 13.0. The second-order valence-electron chi connectivity index (χ2n) is 3.84. The molecule has 0 atom stereocenters. The predicted molar refractivity (Wildman–Crippen MR) is 68.0 cm³/mol. The Balaban J connectivity index is 0.00000128. The highest BCUT2D eigenvalue weighted by atomic mass is 35.5. The average Bonchev–Trinajstić information content (AvgIpc) is 2.50. The molecule has 0 bridgehead atoms. The third-order valence-electron chi connectivity index (χ3n) is 2.84. The Morgan fingerprint density at radius 3 is 2.81 bits per heavy atom. The molecule has 4 heteroatoms. The van der Waals surface area contributed by atoms with Crippen LogP contribution in [-0.4, -0.2) is 19.0 Å². The average molecular weight is 241 g/mol. The summed E-state index contributed by atoms with van der Waals surface area (Å²) in [6.45, 7) is 0.890. The molecule has 88 valence electrons. The molecule has 0 saturated carbocycles. The fourth-order valence-corrected chi connectivity index (χ4v) is 2.06. The fraction of sp³-hybridized carbons (Fsp3) is 0.417. The van der Waals surface area contributed by atoms with Gasteiger partial charge in [-0.3, -0.25) is 4.79 Å². The second-order valence-corrected chi connectivity index (χ2v) is 3.84. The van der Waals surface area contributed by atoms with Crippen molar-refractivity contribution in [3.63, 3.8) is 0 Å². The second kappa shape index (κ2) is 5.87. The van der Waals surface area contributed by atoms with Gasteiger partial charge in [0.25, 0.3) is 0 Å². The van der Waals surface area contributed by atoms with E-state index in [9.17, 15) is 4.79 Å². The van der Waals surface area contributed by atoms with Crippen LogP contribution in [0.15, 0.2) is 24.3 Å². The van der Waals surface area contributed by atoms with Crippen molar-refractivity contribution in [3.8, 4) is 0 Å². The van der Waals surface area contributed by atoms with Crippen LogP contribution in [0.3, 0.4) is 0 Å². The zero-order valence-electron chi connectivity index (χ0n) is 9.19. The molecule has 1 aliphatic heterocycles. The number of nitrogens with two attached hydrogens (primary N) is 1. The van der Waals surface area contributed by atoms with Gasteiger partial charge in [0.2, 0.25) is 5.91 Å². The van der Waals surface area contributed by atoms with Crippen LogP contribution in [0.4, 0.5) is 5.69 Å². The molecule has 2 N–H and O–H groups in total. The smallest absolute Gasteiger partial charge is 0.240 e. The summed E-state index contributed by atoms with van der Waals surface area (Å²) in [4.78, 5) is 13.5. The van der Waals surface area contributed by atoms with E-state index < -0.39 is 0 Å². The third-order valence-corrected chi connectivity index (χ3v) is 2.84. The van der Waals surface area contributed by atoms with E-state index >= 15 is 0 Å². The minimum absolute atomic E-state index is 0. The lowest BCUT2D eigenvalue weighted by Gasteiger charge is -2.22. The lowest BCUT2D eigenvalue weighted by molar-refractivity contribution is -0.117. The van der Waals surface area contributed by atoms with Crippen molar-refractivity contribution >= 4 is 24.0 Å². The first-order chi connectivity index (χ1) is 7.33. The highest BCUT2D eigenvalue weighted by molar-refractivity contribution is 5.95. The van der Waals surface area contributed by atoms with Crippen molar-refractivity contribution < 1.29 is 4.79 Å². The van der Waals surface area contributed by atoms with Gasteiger partial charge in [-0.1, -0.05) is 18.2 Å². The number of halogens is 1. The van der Waals surface area contributed by atoms with Crippen LogP contribution in [0, 0.1) is 0 Å². The largest absolute Gasteiger partial charge is 0.322 e. The van der Waals surface area contributed by atoms with E-state index in [1.54, 1.807) is 0 Å². The Bertz CT molecular complexity index is 368.